The lowest BCUT2D eigenvalue weighted by molar-refractivity contribution is 0.0745. The van der Waals surface area contributed by atoms with Gasteiger partial charge >= 0.3 is 0 Å². The van der Waals surface area contributed by atoms with Crippen molar-refractivity contribution in [2.45, 2.75) is 20.8 Å². The third kappa shape index (κ3) is 3.63. The molecule has 2 nitrogen and oxygen atoms in total. The zero-order valence-corrected chi connectivity index (χ0v) is 11.6. The molecule has 16 heavy (non-hydrogen) atoms. The van der Waals surface area contributed by atoms with E-state index in [9.17, 15) is 4.79 Å². The number of hydrogen-bond donors (Lipinski definition) is 0. The standard InChI is InChI=1S/C13H18BrNO/c1-4-15(9-10(2)3)13(16)11-6-5-7-12(14)8-11/h5-8,10H,4,9H2,1-3H3. The molecule has 0 bridgehead atoms. The van der Waals surface area contributed by atoms with Gasteiger partial charge in [-0.25, -0.2) is 0 Å². The second-order valence-electron chi connectivity index (χ2n) is 4.25. The van der Waals surface area contributed by atoms with Crippen LogP contribution in [0.2, 0.25) is 0 Å². The van der Waals surface area contributed by atoms with Crippen molar-refractivity contribution in [3.05, 3.63) is 34.3 Å². The molecule has 1 rings (SSSR count). The van der Waals surface area contributed by atoms with Gasteiger partial charge in [0.25, 0.3) is 5.91 Å². The predicted octanol–water partition coefficient (Wildman–Crippen LogP) is 3.57. The van der Waals surface area contributed by atoms with Gasteiger partial charge in [-0.15, -0.1) is 0 Å². The molecule has 0 aliphatic heterocycles. The largest absolute Gasteiger partial charge is 0.339 e. The Morgan fingerprint density at radius 2 is 2.12 bits per heavy atom. The summed E-state index contributed by atoms with van der Waals surface area (Å²) in [5.74, 6) is 0.605. The number of amides is 1. The fraction of sp³-hybridized carbons (Fsp3) is 0.462. The molecule has 0 unspecified atom stereocenters. The van der Waals surface area contributed by atoms with Gasteiger partial charge in [0.15, 0.2) is 0 Å². The van der Waals surface area contributed by atoms with Crippen molar-refractivity contribution in [3.8, 4) is 0 Å². The van der Waals surface area contributed by atoms with E-state index in [4.69, 9.17) is 0 Å². The average molecular weight is 284 g/mol. The minimum Gasteiger partial charge on any atom is -0.339 e. The smallest absolute Gasteiger partial charge is 0.253 e. The molecule has 0 heterocycles. The normalized spacial score (nSPS) is 10.6. The third-order valence-corrected chi connectivity index (χ3v) is 2.82. The van der Waals surface area contributed by atoms with Gasteiger partial charge in [-0.1, -0.05) is 35.8 Å². The molecule has 0 saturated carbocycles. The van der Waals surface area contributed by atoms with Gasteiger partial charge in [-0.2, -0.15) is 0 Å². The van der Waals surface area contributed by atoms with Crippen LogP contribution < -0.4 is 0 Å². The number of halogens is 1. The van der Waals surface area contributed by atoms with Crippen LogP contribution in [0, 0.1) is 5.92 Å². The fourth-order valence-electron chi connectivity index (χ4n) is 1.60. The molecule has 0 radical (unpaired) electrons. The summed E-state index contributed by atoms with van der Waals surface area (Å²) in [5, 5.41) is 0. The summed E-state index contributed by atoms with van der Waals surface area (Å²) in [6.07, 6.45) is 0. The Hall–Kier alpha value is -0.830. The van der Waals surface area contributed by atoms with E-state index in [1.807, 2.05) is 36.1 Å². The van der Waals surface area contributed by atoms with Crippen LogP contribution in [-0.4, -0.2) is 23.9 Å². The molecule has 0 fully saturated rings. The van der Waals surface area contributed by atoms with Gasteiger partial charge in [-0.3, -0.25) is 4.79 Å². The van der Waals surface area contributed by atoms with Crippen molar-refractivity contribution in [1.82, 2.24) is 4.90 Å². The lowest BCUT2D eigenvalue weighted by Crippen LogP contribution is -2.33. The van der Waals surface area contributed by atoms with Gasteiger partial charge in [0.05, 0.1) is 0 Å². The maximum atomic E-state index is 12.2. The van der Waals surface area contributed by atoms with E-state index in [0.717, 1.165) is 23.1 Å². The molecular weight excluding hydrogens is 266 g/mol. The Morgan fingerprint density at radius 3 is 2.62 bits per heavy atom. The molecule has 3 heteroatoms. The van der Waals surface area contributed by atoms with Crippen LogP contribution in [0.15, 0.2) is 28.7 Å². The maximum Gasteiger partial charge on any atom is 0.253 e. The first-order valence-electron chi connectivity index (χ1n) is 5.59. The predicted molar refractivity (Wildman–Crippen MR) is 70.6 cm³/mol. The average Bonchev–Trinajstić information content (AvgIpc) is 2.24. The lowest BCUT2D eigenvalue weighted by Gasteiger charge is -2.23. The van der Waals surface area contributed by atoms with Crippen LogP contribution in [0.5, 0.6) is 0 Å². The minimum absolute atomic E-state index is 0.109. The molecule has 0 aromatic heterocycles. The van der Waals surface area contributed by atoms with Crippen molar-refractivity contribution in [3.63, 3.8) is 0 Å². The second kappa shape index (κ2) is 6.04. The number of carbonyl (C=O) groups is 1. The molecule has 1 aromatic rings. The summed E-state index contributed by atoms with van der Waals surface area (Å²) >= 11 is 3.38. The third-order valence-electron chi connectivity index (χ3n) is 2.33. The van der Waals surface area contributed by atoms with E-state index in [2.05, 4.69) is 29.8 Å². The first-order valence-corrected chi connectivity index (χ1v) is 6.38. The first-order chi connectivity index (χ1) is 7.54. The van der Waals surface area contributed by atoms with Crippen molar-refractivity contribution in [1.29, 1.82) is 0 Å². The van der Waals surface area contributed by atoms with Gasteiger partial charge in [-0.05, 0) is 31.0 Å². The number of rotatable bonds is 4. The maximum absolute atomic E-state index is 12.2. The quantitative estimate of drug-likeness (QED) is 0.827. The highest BCUT2D eigenvalue weighted by Crippen LogP contribution is 2.14. The van der Waals surface area contributed by atoms with E-state index in [-0.39, 0.29) is 5.91 Å². The van der Waals surface area contributed by atoms with Crippen LogP contribution in [0.3, 0.4) is 0 Å². The van der Waals surface area contributed by atoms with Crippen molar-refractivity contribution < 1.29 is 4.79 Å². The number of hydrogen-bond acceptors (Lipinski definition) is 1. The second-order valence-corrected chi connectivity index (χ2v) is 5.16. The highest BCUT2D eigenvalue weighted by molar-refractivity contribution is 9.10. The van der Waals surface area contributed by atoms with Crippen LogP contribution in [-0.2, 0) is 0 Å². The summed E-state index contributed by atoms with van der Waals surface area (Å²) < 4.78 is 0.943. The molecule has 0 spiro atoms. The first kappa shape index (κ1) is 13.2. The summed E-state index contributed by atoms with van der Waals surface area (Å²) in [6, 6.07) is 7.54. The Morgan fingerprint density at radius 1 is 1.44 bits per heavy atom. The molecule has 0 atom stereocenters. The molecule has 1 amide bonds. The highest BCUT2D eigenvalue weighted by atomic mass is 79.9. The lowest BCUT2D eigenvalue weighted by atomic mass is 10.1. The Balaban J connectivity index is 2.82. The van der Waals surface area contributed by atoms with E-state index in [1.165, 1.54) is 0 Å². The van der Waals surface area contributed by atoms with E-state index in [1.54, 1.807) is 0 Å². The van der Waals surface area contributed by atoms with Crippen molar-refractivity contribution in [2.75, 3.05) is 13.1 Å². The molecule has 0 N–H and O–H groups in total. The minimum atomic E-state index is 0.109. The SMILES string of the molecule is CCN(CC(C)C)C(=O)c1cccc(Br)c1. The molecule has 0 saturated heterocycles. The van der Waals surface area contributed by atoms with E-state index >= 15 is 0 Å². The van der Waals surface area contributed by atoms with Gasteiger partial charge in [0, 0.05) is 23.1 Å². The van der Waals surface area contributed by atoms with Crippen LogP contribution in [0.1, 0.15) is 31.1 Å². The van der Waals surface area contributed by atoms with Gasteiger partial charge in [0.1, 0.15) is 0 Å². The van der Waals surface area contributed by atoms with E-state index < -0.39 is 0 Å². The summed E-state index contributed by atoms with van der Waals surface area (Å²) in [7, 11) is 0. The molecule has 88 valence electrons. The molecular formula is C13H18BrNO. The Bertz CT molecular complexity index is 363. The summed E-state index contributed by atoms with van der Waals surface area (Å²) in [5.41, 5.74) is 0.747. The zero-order chi connectivity index (χ0) is 12.1. The monoisotopic (exact) mass is 283 g/mol. The van der Waals surface area contributed by atoms with Gasteiger partial charge in [0.2, 0.25) is 0 Å². The topological polar surface area (TPSA) is 20.3 Å². The van der Waals surface area contributed by atoms with Crippen LogP contribution >= 0.6 is 15.9 Å². The number of nitrogens with zero attached hydrogens (tertiary/aromatic N) is 1. The van der Waals surface area contributed by atoms with Crippen LogP contribution in [0.4, 0.5) is 0 Å². The molecule has 0 aliphatic rings. The molecule has 0 aliphatic carbocycles. The number of carbonyl (C=O) groups excluding carboxylic acids is 1. The fourth-order valence-corrected chi connectivity index (χ4v) is 2.00. The number of benzene rings is 1. The highest BCUT2D eigenvalue weighted by Gasteiger charge is 2.14. The Labute approximate surface area is 106 Å². The van der Waals surface area contributed by atoms with Crippen molar-refractivity contribution >= 4 is 21.8 Å². The Kier molecular flexibility index (Phi) is 5.00. The van der Waals surface area contributed by atoms with E-state index in [0.29, 0.717) is 5.92 Å². The summed E-state index contributed by atoms with van der Waals surface area (Å²) in [4.78, 5) is 14.1. The van der Waals surface area contributed by atoms with Crippen LogP contribution in [0.25, 0.3) is 0 Å². The molecule has 1 aromatic carbocycles. The summed E-state index contributed by atoms with van der Waals surface area (Å²) in [6.45, 7) is 7.82. The zero-order valence-electron chi connectivity index (χ0n) is 10.0. The van der Waals surface area contributed by atoms with Crippen molar-refractivity contribution in [2.24, 2.45) is 5.92 Å². The van der Waals surface area contributed by atoms with Gasteiger partial charge < -0.3 is 4.90 Å².